The van der Waals surface area contributed by atoms with Crippen LogP contribution in [0.5, 0.6) is 0 Å². The van der Waals surface area contributed by atoms with Gasteiger partial charge in [0.25, 0.3) is 5.56 Å². The van der Waals surface area contributed by atoms with Crippen LogP contribution < -0.4 is 5.56 Å². The minimum atomic E-state index is -0.156. The summed E-state index contributed by atoms with van der Waals surface area (Å²) in [7, 11) is 0. The highest BCUT2D eigenvalue weighted by atomic mass is 32.1. The average Bonchev–Trinajstić information content (AvgIpc) is 3.41. The van der Waals surface area contributed by atoms with Crippen molar-refractivity contribution in [3.8, 4) is 10.6 Å². The molecule has 0 spiro atoms. The predicted octanol–water partition coefficient (Wildman–Crippen LogP) is 2.45. The maximum Gasteiger partial charge on any atom is 0.251 e. The molecule has 0 unspecified atom stereocenters. The molecular weight excluding hydrogens is 376 g/mol. The zero-order valence-electron chi connectivity index (χ0n) is 15.6. The number of H-pyrrole nitrogens is 1. The molecule has 9 heteroatoms. The number of carbonyl (C=O) groups is 1. The van der Waals surface area contributed by atoms with Gasteiger partial charge in [0.1, 0.15) is 18.5 Å². The van der Waals surface area contributed by atoms with Gasteiger partial charge in [-0.3, -0.25) is 9.59 Å². The minimum Gasteiger partial charge on any atom is -0.342 e. The molecule has 1 aliphatic heterocycles. The van der Waals surface area contributed by atoms with Crippen molar-refractivity contribution in [1.29, 1.82) is 0 Å². The first-order chi connectivity index (χ1) is 13.6. The van der Waals surface area contributed by atoms with E-state index in [0.717, 1.165) is 24.3 Å². The van der Waals surface area contributed by atoms with E-state index in [4.69, 9.17) is 0 Å². The van der Waals surface area contributed by atoms with Crippen molar-refractivity contribution >= 4 is 17.2 Å². The van der Waals surface area contributed by atoms with Gasteiger partial charge in [0.2, 0.25) is 5.91 Å². The number of likely N-dealkylation sites (tertiary alicyclic amines) is 1. The second kappa shape index (κ2) is 8.05. The molecule has 2 atom stereocenters. The molecule has 0 aliphatic carbocycles. The van der Waals surface area contributed by atoms with E-state index in [1.165, 1.54) is 12.4 Å². The summed E-state index contributed by atoms with van der Waals surface area (Å²) in [6.07, 6.45) is 5.26. The van der Waals surface area contributed by atoms with Gasteiger partial charge >= 0.3 is 0 Å². The number of hydrogen-bond donors (Lipinski definition) is 1. The molecule has 0 aromatic carbocycles. The first-order valence-electron chi connectivity index (χ1n) is 9.37. The molecule has 0 bridgehead atoms. The van der Waals surface area contributed by atoms with Gasteiger partial charge in [0.05, 0.1) is 16.6 Å². The summed E-state index contributed by atoms with van der Waals surface area (Å²) in [6.45, 7) is 3.26. The van der Waals surface area contributed by atoms with Crippen LogP contribution in [0.3, 0.4) is 0 Å². The lowest BCUT2D eigenvalue weighted by atomic mass is 9.96. The first-order valence-corrected chi connectivity index (χ1v) is 10.2. The molecule has 1 aliphatic rings. The van der Waals surface area contributed by atoms with E-state index in [-0.39, 0.29) is 23.4 Å². The molecule has 4 heterocycles. The Morgan fingerprint density at radius 1 is 1.46 bits per heavy atom. The molecule has 1 fully saturated rings. The number of amides is 1. The van der Waals surface area contributed by atoms with Gasteiger partial charge in [-0.2, -0.15) is 5.10 Å². The van der Waals surface area contributed by atoms with Crippen LogP contribution in [0.2, 0.25) is 0 Å². The predicted molar refractivity (Wildman–Crippen MR) is 106 cm³/mol. The molecule has 146 valence electrons. The third kappa shape index (κ3) is 4.04. The zero-order valence-corrected chi connectivity index (χ0v) is 16.4. The number of aromatic nitrogens is 5. The van der Waals surface area contributed by atoms with E-state index in [1.54, 1.807) is 22.3 Å². The van der Waals surface area contributed by atoms with Crippen LogP contribution >= 0.6 is 11.3 Å². The van der Waals surface area contributed by atoms with Crippen LogP contribution in [0.15, 0.2) is 41.0 Å². The number of nitrogens with zero attached hydrogens (tertiary/aromatic N) is 5. The first kappa shape index (κ1) is 18.5. The molecular formula is C19H22N6O2S. The van der Waals surface area contributed by atoms with Gasteiger partial charge in [0, 0.05) is 31.5 Å². The molecule has 4 rings (SSSR count). The lowest BCUT2D eigenvalue weighted by Gasteiger charge is -2.33. The van der Waals surface area contributed by atoms with E-state index in [0.29, 0.717) is 24.5 Å². The lowest BCUT2D eigenvalue weighted by molar-refractivity contribution is -0.133. The summed E-state index contributed by atoms with van der Waals surface area (Å²) in [5.41, 5.74) is 0.536. The fraction of sp³-hybridized carbons (Fsp3) is 0.421. The normalized spacial score (nSPS) is 18.2. The Morgan fingerprint density at radius 2 is 2.36 bits per heavy atom. The number of piperidine rings is 1. The number of hydrogen-bond acceptors (Lipinski definition) is 6. The third-order valence-corrected chi connectivity index (χ3v) is 5.95. The second-order valence-corrected chi connectivity index (χ2v) is 8.05. The summed E-state index contributed by atoms with van der Waals surface area (Å²) < 4.78 is 1.70. The second-order valence-electron chi connectivity index (χ2n) is 7.10. The molecule has 1 saturated heterocycles. The molecule has 8 nitrogen and oxygen atoms in total. The number of nitrogens with one attached hydrogen (secondary N) is 1. The van der Waals surface area contributed by atoms with Crippen molar-refractivity contribution in [3.05, 3.63) is 52.4 Å². The molecule has 1 N–H and O–H groups in total. The Hall–Kier alpha value is -2.81. The largest absolute Gasteiger partial charge is 0.342 e. The summed E-state index contributed by atoms with van der Waals surface area (Å²) in [5, 5.41) is 6.07. The lowest BCUT2D eigenvalue weighted by Crippen LogP contribution is -2.40. The van der Waals surface area contributed by atoms with Crippen LogP contribution in [-0.4, -0.2) is 48.6 Å². The molecule has 3 aromatic rings. The minimum absolute atomic E-state index is 0.0342. The summed E-state index contributed by atoms with van der Waals surface area (Å²) >= 11 is 1.56. The number of rotatable bonds is 5. The fourth-order valence-electron chi connectivity index (χ4n) is 3.57. The molecule has 3 aromatic heterocycles. The van der Waals surface area contributed by atoms with Gasteiger partial charge in [-0.25, -0.2) is 14.6 Å². The van der Waals surface area contributed by atoms with Gasteiger partial charge < -0.3 is 9.88 Å². The number of thiophene rings is 1. The van der Waals surface area contributed by atoms with Crippen molar-refractivity contribution < 1.29 is 4.79 Å². The highest BCUT2D eigenvalue weighted by Crippen LogP contribution is 2.27. The Kier molecular flexibility index (Phi) is 5.34. The Morgan fingerprint density at radius 3 is 3.11 bits per heavy atom. The van der Waals surface area contributed by atoms with Crippen LogP contribution in [0, 0.1) is 0 Å². The standard InChI is InChI=1S/C19H22N6O2S/c1-13(25-12-20-11-21-25)8-18(27)24-6-2-4-14(10-24)19-22-15(9-17(26)23-19)16-5-3-7-28-16/h3,5,7,9,11-14H,2,4,6,8,10H2,1H3,(H,22,23,26)/t13-,14+/m0/s1. The SMILES string of the molecule is C[C@@H](CC(=O)N1CCC[C@@H](c2nc(-c3cccs3)cc(=O)[nH]2)C1)n1cncn1. The van der Waals surface area contributed by atoms with Gasteiger partial charge in [-0.05, 0) is 31.2 Å². The van der Waals surface area contributed by atoms with Crippen LogP contribution in [0.25, 0.3) is 10.6 Å². The van der Waals surface area contributed by atoms with Crippen molar-refractivity contribution in [2.24, 2.45) is 0 Å². The van der Waals surface area contributed by atoms with Crippen LogP contribution in [0.4, 0.5) is 0 Å². The number of aromatic amines is 1. The summed E-state index contributed by atoms with van der Waals surface area (Å²) in [4.78, 5) is 39.3. The third-order valence-electron chi connectivity index (χ3n) is 5.05. The van der Waals surface area contributed by atoms with E-state index >= 15 is 0 Å². The smallest absolute Gasteiger partial charge is 0.251 e. The molecule has 0 radical (unpaired) electrons. The number of carbonyl (C=O) groups excluding carboxylic acids is 1. The molecule has 0 saturated carbocycles. The summed E-state index contributed by atoms with van der Waals surface area (Å²) in [6, 6.07) is 5.38. The van der Waals surface area contributed by atoms with Gasteiger partial charge in [-0.15, -0.1) is 11.3 Å². The fourth-order valence-corrected chi connectivity index (χ4v) is 4.25. The average molecular weight is 398 g/mol. The van der Waals surface area contributed by atoms with E-state index in [1.807, 2.05) is 29.3 Å². The maximum absolute atomic E-state index is 12.8. The monoisotopic (exact) mass is 398 g/mol. The van der Waals surface area contributed by atoms with Gasteiger partial charge in [0.15, 0.2) is 0 Å². The molecule has 1 amide bonds. The van der Waals surface area contributed by atoms with Crippen molar-refractivity contribution in [1.82, 2.24) is 29.6 Å². The Labute approximate surface area is 166 Å². The van der Waals surface area contributed by atoms with E-state index < -0.39 is 0 Å². The van der Waals surface area contributed by atoms with Crippen molar-refractivity contribution in [3.63, 3.8) is 0 Å². The van der Waals surface area contributed by atoms with Crippen molar-refractivity contribution in [2.75, 3.05) is 13.1 Å². The quantitative estimate of drug-likeness (QED) is 0.712. The highest BCUT2D eigenvalue weighted by molar-refractivity contribution is 7.13. The maximum atomic E-state index is 12.8. The summed E-state index contributed by atoms with van der Waals surface area (Å²) in [5.74, 6) is 0.786. The van der Waals surface area contributed by atoms with Gasteiger partial charge in [-0.1, -0.05) is 6.07 Å². The van der Waals surface area contributed by atoms with E-state index in [9.17, 15) is 9.59 Å². The Bertz CT molecular complexity index is 982. The van der Waals surface area contributed by atoms with Crippen molar-refractivity contribution in [2.45, 2.75) is 38.1 Å². The highest BCUT2D eigenvalue weighted by Gasteiger charge is 2.27. The molecule has 28 heavy (non-hydrogen) atoms. The van der Waals surface area contributed by atoms with Crippen LogP contribution in [0.1, 0.15) is 44.0 Å². The topological polar surface area (TPSA) is 96.8 Å². The van der Waals surface area contributed by atoms with Crippen LogP contribution in [-0.2, 0) is 4.79 Å². The zero-order chi connectivity index (χ0) is 19.5. The van der Waals surface area contributed by atoms with E-state index in [2.05, 4.69) is 20.1 Å². The Balaban J connectivity index is 1.48.